The number of amides is 1. The largest absolute Gasteiger partial charge is 0.354 e. The Balaban J connectivity index is 2.24. The molecule has 7 heteroatoms. The van der Waals surface area contributed by atoms with Gasteiger partial charge in [0.05, 0.1) is 9.77 Å². The van der Waals surface area contributed by atoms with Gasteiger partial charge in [0.2, 0.25) is 10.0 Å². The van der Waals surface area contributed by atoms with E-state index in [4.69, 9.17) is 0 Å². The zero-order chi connectivity index (χ0) is 14.0. The highest BCUT2D eigenvalue weighted by molar-refractivity contribution is 7.89. The van der Waals surface area contributed by atoms with Crippen molar-refractivity contribution in [3.8, 4) is 0 Å². The molecule has 1 saturated heterocycles. The van der Waals surface area contributed by atoms with Crippen molar-refractivity contribution in [2.24, 2.45) is 5.92 Å². The lowest BCUT2D eigenvalue weighted by Crippen LogP contribution is -2.38. The fraction of sp³-hybridized carbons (Fsp3) is 0.583. The quantitative estimate of drug-likeness (QED) is 0.921. The summed E-state index contributed by atoms with van der Waals surface area (Å²) in [7, 11) is -1.92. The first-order valence-electron chi connectivity index (χ1n) is 6.26. The van der Waals surface area contributed by atoms with Crippen molar-refractivity contribution in [2.75, 3.05) is 20.1 Å². The molecule has 1 atom stereocenters. The molecule has 1 aliphatic heterocycles. The molecular weight excluding hydrogens is 284 g/mol. The van der Waals surface area contributed by atoms with E-state index in [0.29, 0.717) is 23.9 Å². The van der Waals surface area contributed by atoms with E-state index in [1.807, 2.05) is 0 Å². The average molecular weight is 302 g/mol. The second-order valence-corrected chi connectivity index (χ2v) is 7.69. The Labute approximate surface area is 117 Å². The van der Waals surface area contributed by atoms with Gasteiger partial charge in [-0.15, -0.1) is 11.3 Å². The monoisotopic (exact) mass is 302 g/mol. The van der Waals surface area contributed by atoms with Crippen molar-refractivity contribution in [3.05, 3.63) is 16.3 Å². The maximum atomic E-state index is 12.5. The van der Waals surface area contributed by atoms with E-state index in [1.54, 1.807) is 5.38 Å². The highest BCUT2D eigenvalue weighted by atomic mass is 32.2. The molecule has 0 unspecified atom stereocenters. The molecule has 0 aliphatic carbocycles. The molecular formula is C12H18N2O3S2. The number of carbonyl (C=O) groups excluding carboxylic acids is 1. The molecule has 2 rings (SSSR count). The average Bonchev–Trinajstić information content (AvgIpc) is 2.88. The van der Waals surface area contributed by atoms with Crippen LogP contribution in [0.4, 0.5) is 0 Å². The number of piperidine rings is 1. The van der Waals surface area contributed by atoms with E-state index in [2.05, 4.69) is 12.2 Å². The number of carbonyl (C=O) groups is 1. The van der Waals surface area contributed by atoms with Gasteiger partial charge in [0.1, 0.15) is 0 Å². The summed E-state index contributed by atoms with van der Waals surface area (Å²) in [5.41, 5.74) is 0. The van der Waals surface area contributed by atoms with Crippen LogP contribution in [-0.2, 0) is 10.0 Å². The summed E-state index contributed by atoms with van der Waals surface area (Å²) in [5, 5.41) is 4.04. The molecule has 19 heavy (non-hydrogen) atoms. The van der Waals surface area contributed by atoms with Crippen LogP contribution in [-0.4, -0.2) is 38.8 Å². The fourth-order valence-corrected chi connectivity index (χ4v) is 5.02. The second-order valence-electron chi connectivity index (χ2n) is 4.84. The summed E-state index contributed by atoms with van der Waals surface area (Å²) >= 11 is 1.16. The molecule has 106 valence electrons. The van der Waals surface area contributed by atoms with Gasteiger partial charge in [-0.2, -0.15) is 4.31 Å². The topological polar surface area (TPSA) is 66.5 Å². The molecule has 0 aromatic carbocycles. The lowest BCUT2D eigenvalue weighted by molar-refractivity contribution is 0.0967. The maximum Gasteiger partial charge on any atom is 0.261 e. The molecule has 5 nitrogen and oxygen atoms in total. The van der Waals surface area contributed by atoms with Crippen LogP contribution in [0.25, 0.3) is 0 Å². The predicted molar refractivity (Wildman–Crippen MR) is 74.9 cm³/mol. The van der Waals surface area contributed by atoms with Gasteiger partial charge in [-0.1, -0.05) is 6.92 Å². The molecule has 1 amide bonds. The molecule has 1 aromatic heterocycles. The van der Waals surface area contributed by atoms with Gasteiger partial charge in [0.15, 0.2) is 0 Å². The maximum absolute atomic E-state index is 12.5. The molecule has 2 heterocycles. The van der Waals surface area contributed by atoms with Crippen molar-refractivity contribution in [1.29, 1.82) is 0 Å². The first-order valence-corrected chi connectivity index (χ1v) is 8.58. The minimum atomic E-state index is -3.45. The Kier molecular flexibility index (Phi) is 4.27. The van der Waals surface area contributed by atoms with Gasteiger partial charge in [0.25, 0.3) is 5.91 Å². The normalized spacial score (nSPS) is 21.3. The van der Waals surface area contributed by atoms with Crippen LogP contribution >= 0.6 is 11.3 Å². The number of rotatable bonds is 3. The minimum absolute atomic E-state index is 0.227. The number of hydrogen-bond donors (Lipinski definition) is 1. The number of nitrogens with one attached hydrogen (secondary N) is 1. The van der Waals surface area contributed by atoms with Crippen molar-refractivity contribution >= 4 is 27.3 Å². The smallest absolute Gasteiger partial charge is 0.261 e. The van der Waals surface area contributed by atoms with Crippen LogP contribution < -0.4 is 5.32 Å². The predicted octanol–water partition coefficient (Wildman–Crippen LogP) is 1.53. The van der Waals surface area contributed by atoms with Crippen LogP contribution in [0.15, 0.2) is 16.3 Å². The summed E-state index contributed by atoms with van der Waals surface area (Å²) in [5.74, 6) is 0.138. The third-order valence-electron chi connectivity index (χ3n) is 3.28. The van der Waals surface area contributed by atoms with E-state index in [1.165, 1.54) is 17.4 Å². The van der Waals surface area contributed by atoms with Gasteiger partial charge < -0.3 is 5.32 Å². The molecule has 0 bridgehead atoms. The summed E-state index contributed by atoms with van der Waals surface area (Å²) in [6.45, 7) is 3.19. The van der Waals surface area contributed by atoms with Crippen LogP contribution in [0.1, 0.15) is 29.4 Å². The molecule has 0 saturated carbocycles. The van der Waals surface area contributed by atoms with Crippen molar-refractivity contribution in [3.63, 3.8) is 0 Å². The van der Waals surface area contributed by atoms with Crippen LogP contribution in [0.3, 0.4) is 0 Å². The van der Waals surface area contributed by atoms with E-state index >= 15 is 0 Å². The van der Waals surface area contributed by atoms with Gasteiger partial charge >= 0.3 is 0 Å². The summed E-state index contributed by atoms with van der Waals surface area (Å²) in [6.07, 6.45) is 1.96. The lowest BCUT2D eigenvalue weighted by Gasteiger charge is -2.29. The molecule has 1 fully saturated rings. The van der Waals surface area contributed by atoms with Crippen LogP contribution in [0, 0.1) is 5.92 Å². The van der Waals surface area contributed by atoms with Crippen molar-refractivity contribution in [1.82, 2.24) is 9.62 Å². The zero-order valence-corrected chi connectivity index (χ0v) is 12.7. The molecule has 1 aromatic rings. The standard InChI is InChI=1S/C12H18N2O3S2/c1-9-4-3-5-14(7-9)19(16,17)10-6-11(18-8-10)12(15)13-2/h6,8-9H,3-5,7H2,1-2H3,(H,13,15)/t9-/m1/s1. The molecule has 1 aliphatic rings. The molecule has 0 spiro atoms. The first-order chi connectivity index (χ1) is 8.95. The van der Waals surface area contributed by atoms with Gasteiger partial charge in [-0.3, -0.25) is 4.79 Å². The number of sulfonamides is 1. The Morgan fingerprint density at radius 1 is 1.53 bits per heavy atom. The second kappa shape index (κ2) is 5.60. The van der Waals surface area contributed by atoms with E-state index < -0.39 is 10.0 Å². The summed E-state index contributed by atoms with van der Waals surface area (Å²) in [6, 6.07) is 1.46. The first kappa shape index (κ1) is 14.5. The summed E-state index contributed by atoms with van der Waals surface area (Å²) in [4.78, 5) is 12.1. The van der Waals surface area contributed by atoms with E-state index in [9.17, 15) is 13.2 Å². The van der Waals surface area contributed by atoms with E-state index in [0.717, 1.165) is 24.2 Å². The minimum Gasteiger partial charge on any atom is -0.354 e. The summed E-state index contributed by atoms with van der Waals surface area (Å²) < 4.78 is 26.4. The van der Waals surface area contributed by atoms with Crippen LogP contribution in [0.5, 0.6) is 0 Å². The van der Waals surface area contributed by atoms with Gasteiger partial charge in [0, 0.05) is 25.5 Å². The molecule has 1 N–H and O–H groups in total. The molecule has 0 radical (unpaired) electrons. The Hall–Kier alpha value is -0.920. The number of nitrogens with zero attached hydrogens (tertiary/aromatic N) is 1. The highest BCUT2D eigenvalue weighted by Gasteiger charge is 2.29. The van der Waals surface area contributed by atoms with Crippen molar-refractivity contribution < 1.29 is 13.2 Å². The van der Waals surface area contributed by atoms with Gasteiger partial charge in [-0.05, 0) is 24.8 Å². The Morgan fingerprint density at radius 3 is 2.89 bits per heavy atom. The third-order valence-corrected chi connectivity index (χ3v) is 6.20. The van der Waals surface area contributed by atoms with Crippen molar-refractivity contribution in [2.45, 2.75) is 24.7 Å². The highest BCUT2D eigenvalue weighted by Crippen LogP contribution is 2.26. The van der Waals surface area contributed by atoms with E-state index in [-0.39, 0.29) is 10.8 Å². The SMILES string of the molecule is CNC(=O)c1cc(S(=O)(=O)N2CCC[C@@H](C)C2)cs1. The lowest BCUT2D eigenvalue weighted by atomic mass is 10.0. The number of hydrogen-bond acceptors (Lipinski definition) is 4. The van der Waals surface area contributed by atoms with Gasteiger partial charge in [-0.25, -0.2) is 8.42 Å². The fourth-order valence-electron chi connectivity index (χ4n) is 2.21. The third kappa shape index (κ3) is 2.98. The number of thiophene rings is 1. The Morgan fingerprint density at radius 2 is 2.26 bits per heavy atom. The Bertz CT molecular complexity index is 565. The zero-order valence-electron chi connectivity index (χ0n) is 11.0. The van der Waals surface area contributed by atoms with Crippen LogP contribution in [0.2, 0.25) is 0 Å².